The first-order valence-electron chi connectivity index (χ1n) is 8.13. The van der Waals surface area contributed by atoms with Gasteiger partial charge in [0.15, 0.2) is 5.15 Å². The fraction of sp³-hybridized carbons (Fsp3) is 0.167. The monoisotopic (exact) mass is 462 g/mol. The van der Waals surface area contributed by atoms with Crippen molar-refractivity contribution < 1.29 is 17.9 Å². The van der Waals surface area contributed by atoms with Gasteiger partial charge in [0.1, 0.15) is 27.9 Å². The number of nitrogens with zero attached hydrogens (tertiary/aromatic N) is 3. The second kappa shape index (κ2) is 9.02. The molecule has 0 unspecified atom stereocenters. The van der Waals surface area contributed by atoms with Crippen LogP contribution in [0.1, 0.15) is 11.1 Å². The number of halogens is 6. The number of hydrogen-bond acceptors (Lipinski definition) is 5. The summed E-state index contributed by atoms with van der Waals surface area (Å²) in [7, 11) is 0. The molecule has 0 fully saturated rings. The third-order valence-corrected chi connectivity index (χ3v) is 4.74. The lowest BCUT2D eigenvalue weighted by Gasteiger charge is -2.11. The molecule has 0 bridgehead atoms. The summed E-state index contributed by atoms with van der Waals surface area (Å²) < 4.78 is 43.4. The molecule has 3 rings (SSSR count). The Morgan fingerprint density at radius 2 is 1.72 bits per heavy atom. The molecule has 0 aliphatic heterocycles. The summed E-state index contributed by atoms with van der Waals surface area (Å²) in [5.41, 5.74) is 0.0374. The Balaban J connectivity index is 1.58. The van der Waals surface area contributed by atoms with E-state index in [1.807, 2.05) is 12.1 Å². The van der Waals surface area contributed by atoms with E-state index in [1.54, 1.807) is 12.1 Å². The molecule has 29 heavy (non-hydrogen) atoms. The number of rotatable bonds is 6. The van der Waals surface area contributed by atoms with Gasteiger partial charge >= 0.3 is 6.18 Å². The van der Waals surface area contributed by atoms with Crippen molar-refractivity contribution in [1.82, 2.24) is 15.0 Å². The zero-order valence-corrected chi connectivity index (χ0v) is 16.7. The Labute approximate surface area is 178 Å². The lowest BCUT2D eigenvalue weighted by molar-refractivity contribution is -0.137. The van der Waals surface area contributed by atoms with Crippen molar-refractivity contribution in [1.29, 1.82) is 0 Å². The first-order valence-corrected chi connectivity index (χ1v) is 9.27. The second-order valence-electron chi connectivity index (χ2n) is 5.76. The largest absolute Gasteiger partial charge is 0.438 e. The first-order chi connectivity index (χ1) is 13.7. The van der Waals surface area contributed by atoms with E-state index < -0.39 is 11.7 Å². The minimum Gasteiger partial charge on any atom is -0.438 e. The number of nitrogens with one attached hydrogen (secondary N) is 1. The third-order valence-electron chi connectivity index (χ3n) is 3.73. The van der Waals surface area contributed by atoms with Crippen LogP contribution in [0.2, 0.25) is 15.2 Å². The van der Waals surface area contributed by atoms with Gasteiger partial charge in [-0.3, -0.25) is 0 Å². The van der Waals surface area contributed by atoms with E-state index in [9.17, 15) is 13.2 Å². The van der Waals surface area contributed by atoms with Crippen LogP contribution >= 0.6 is 34.8 Å². The van der Waals surface area contributed by atoms with Gasteiger partial charge in [0.05, 0.1) is 5.56 Å². The predicted octanol–water partition coefficient (Wildman–Crippen LogP) is 6.30. The zero-order chi connectivity index (χ0) is 21.0. The molecule has 2 aromatic heterocycles. The molecule has 1 aromatic carbocycles. The summed E-state index contributed by atoms with van der Waals surface area (Å²) in [6, 6.07) is 7.72. The average Bonchev–Trinajstić information content (AvgIpc) is 2.67. The van der Waals surface area contributed by atoms with E-state index in [0.717, 1.165) is 11.6 Å². The van der Waals surface area contributed by atoms with Crippen molar-refractivity contribution in [3.05, 3.63) is 69.2 Å². The van der Waals surface area contributed by atoms with Gasteiger partial charge in [0.25, 0.3) is 0 Å². The number of hydrogen-bond donors (Lipinski definition) is 1. The summed E-state index contributed by atoms with van der Waals surface area (Å²) in [5.74, 6) is 0.723. The van der Waals surface area contributed by atoms with E-state index in [-0.39, 0.29) is 21.1 Å². The molecule has 5 nitrogen and oxygen atoms in total. The number of benzene rings is 1. The number of anilines is 1. The van der Waals surface area contributed by atoms with Gasteiger partial charge in [-0.2, -0.15) is 13.2 Å². The Bertz CT molecular complexity index is 1000. The topological polar surface area (TPSA) is 59.9 Å². The Morgan fingerprint density at radius 3 is 2.38 bits per heavy atom. The molecule has 0 atom stereocenters. The Morgan fingerprint density at radius 1 is 1.00 bits per heavy atom. The Kier molecular flexibility index (Phi) is 6.66. The number of alkyl halides is 3. The summed E-state index contributed by atoms with van der Waals surface area (Å²) >= 11 is 17.7. The van der Waals surface area contributed by atoms with Gasteiger partial charge in [-0.05, 0) is 30.2 Å². The molecule has 1 N–H and O–H groups in total. The number of ether oxygens (including phenoxy) is 1. The molecule has 0 spiro atoms. The summed E-state index contributed by atoms with van der Waals surface area (Å²) in [4.78, 5) is 11.4. The maximum atomic E-state index is 12.7. The molecule has 0 aliphatic carbocycles. The fourth-order valence-corrected chi connectivity index (χ4v) is 2.79. The lowest BCUT2D eigenvalue weighted by atomic mass is 10.1. The van der Waals surface area contributed by atoms with Crippen molar-refractivity contribution >= 4 is 40.6 Å². The van der Waals surface area contributed by atoms with Crippen molar-refractivity contribution in [3.63, 3.8) is 0 Å². The zero-order valence-electron chi connectivity index (χ0n) is 14.5. The molecule has 2 heterocycles. The van der Waals surface area contributed by atoms with E-state index >= 15 is 0 Å². The van der Waals surface area contributed by atoms with Gasteiger partial charge in [0, 0.05) is 12.7 Å². The summed E-state index contributed by atoms with van der Waals surface area (Å²) in [6.07, 6.45) is -1.89. The quantitative estimate of drug-likeness (QED) is 0.435. The van der Waals surface area contributed by atoms with Gasteiger partial charge in [-0.25, -0.2) is 15.0 Å². The number of aromatic nitrogens is 3. The van der Waals surface area contributed by atoms with Crippen LogP contribution in [-0.4, -0.2) is 21.5 Å². The van der Waals surface area contributed by atoms with Crippen LogP contribution in [-0.2, 0) is 12.6 Å². The highest BCUT2D eigenvalue weighted by atomic mass is 35.5. The highest BCUT2D eigenvalue weighted by Gasteiger charge is 2.31. The van der Waals surface area contributed by atoms with Crippen molar-refractivity contribution in [2.24, 2.45) is 0 Å². The summed E-state index contributed by atoms with van der Waals surface area (Å²) in [5, 5.41) is 3.25. The van der Waals surface area contributed by atoms with Crippen LogP contribution < -0.4 is 10.1 Å². The second-order valence-corrected chi connectivity index (χ2v) is 6.90. The molecular weight excluding hydrogens is 452 g/mol. The average molecular weight is 464 g/mol. The van der Waals surface area contributed by atoms with Crippen molar-refractivity contribution in [2.75, 3.05) is 11.9 Å². The summed E-state index contributed by atoms with van der Waals surface area (Å²) in [6.45, 7) is 0.541. The van der Waals surface area contributed by atoms with Crippen LogP contribution in [0.25, 0.3) is 0 Å². The highest BCUT2D eigenvalue weighted by molar-refractivity contribution is 6.42. The minimum absolute atomic E-state index is 0.107. The highest BCUT2D eigenvalue weighted by Crippen LogP contribution is 2.34. The van der Waals surface area contributed by atoms with Gasteiger partial charge in [-0.15, -0.1) is 0 Å². The van der Waals surface area contributed by atoms with Crippen molar-refractivity contribution in [3.8, 4) is 11.6 Å². The van der Waals surface area contributed by atoms with Crippen LogP contribution in [0.15, 0.2) is 42.9 Å². The molecule has 0 amide bonds. The fourth-order valence-electron chi connectivity index (χ4n) is 2.29. The Hall–Kier alpha value is -2.29. The molecule has 0 radical (unpaired) electrons. The van der Waals surface area contributed by atoms with E-state index in [4.69, 9.17) is 39.5 Å². The first kappa shape index (κ1) is 21.4. The van der Waals surface area contributed by atoms with E-state index in [2.05, 4.69) is 20.3 Å². The van der Waals surface area contributed by atoms with Crippen molar-refractivity contribution in [2.45, 2.75) is 12.6 Å². The molecule has 3 aromatic rings. The maximum absolute atomic E-state index is 12.7. The SMILES string of the molecule is FC(F)(F)c1cnc(Oc2ccc(CCNc3ncnc(Cl)c3Cl)cc2)c(Cl)c1. The molecule has 11 heteroatoms. The van der Waals surface area contributed by atoms with Crippen LogP contribution in [0, 0.1) is 0 Å². The number of pyridine rings is 1. The van der Waals surface area contributed by atoms with Crippen LogP contribution in [0.4, 0.5) is 19.0 Å². The molecule has 0 aliphatic rings. The normalized spacial score (nSPS) is 11.4. The lowest BCUT2D eigenvalue weighted by Crippen LogP contribution is -2.07. The van der Waals surface area contributed by atoms with Gasteiger partial charge in [-0.1, -0.05) is 46.9 Å². The third kappa shape index (κ3) is 5.62. The van der Waals surface area contributed by atoms with Crippen LogP contribution in [0.3, 0.4) is 0 Å². The molecule has 0 saturated carbocycles. The van der Waals surface area contributed by atoms with Gasteiger partial charge < -0.3 is 10.1 Å². The van der Waals surface area contributed by atoms with Gasteiger partial charge in [0.2, 0.25) is 5.88 Å². The minimum atomic E-state index is -4.52. The standard InChI is InChI=1S/C18H12Cl3F3N4O/c19-13-7-11(18(22,23)24)8-26-17(13)29-12-3-1-10(2-4-12)5-6-25-16-14(20)15(21)27-9-28-16/h1-4,7-9H,5-6H2,(H,25,27,28). The van der Waals surface area contributed by atoms with Crippen LogP contribution in [0.5, 0.6) is 11.6 Å². The van der Waals surface area contributed by atoms with E-state index in [0.29, 0.717) is 30.7 Å². The molecule has 152 valence electrons. The molecule has 0 saturated heterocycles. The maximum Gasteiger partial charge on any atom is 0.417 e. The van der Waals surface area contributed by atoms with E-state index in [1.165, 1.54) is 6.33 Å². The molecular formula is C18H12Cl3F3N4O. The smallest absolute Gasteiger partial charge is 0.417 e. The predicted molar refractivity (Wildman–Crippen MR) is 105 cm³/mol.